The number of guanidine groups is 1. The molecule has 0 aromatic heterocycles. The molecule has 0 spiro atoms. The predicted molar refractivity (Wildman–Crippen MR) is 126 cm³/mol. The van der Waals surface area contributed by atoms with Gasteiger partial charge in [-0.15, -0.1) is 0 Å². The summed E-state index contributed by atoms with van der Waals surface area (Å²) in [5.74, 6) is 2.19. The van der Waals surface area contributed by atoms with Crippen LogP contribution in [0.2, 0.25) is 0 Å². The van der Waals surface area contributed by atoms with Crippen LogP contribution in [0.3, 0.4) is 0 Å². The minimum atomic E-state index is -3.14. The van der Waals surface area contributed by atoms with Crippen LogP contribution in [0.25, 0.3) is 0 Å². The van der Waals surface area contributed by atoms with Crippen LogP contribution in [0.1, 0.15) is 25.8 Å². The van der Waals surface area contributed by atoms with Gasteiger partial charge < -0.3 is 20.1 Å². The summed E-state index contributed by atoms with van der Waals surface area (Å²) in [7, 11) is -1.53. The van der Waals surface area contributed by atoms with Crippen molar-refractivity contribution in [3.8, 4) is 11.5 Å². The Kier molecular flexibility index (Phi) is 10.2. The van der Waals surface area contributed by atoms with Crippen molar-refractivity contribution in [3.05, 3.63) is 60.2 Å². The highest BCUT2D eigenvalue weighted by Crippen LogP contribution is 2.26. The molecule has 2 N–H and O–H groups in total. The summed E-state index contributed by atoms with van der Waals surface area (Å²) in [4.78, 5) is 4.55. The second-order valence-corrected chi connectivity index (χ2v) is 9.34. The first-order valence-electron chi connectivity index (χ1n) is 10.5. The van der Waals surface area contributed by atoms with Crippen LogP contribution in [0.15, 0.2) is 59.6 Å². The Labute approximate surface area is 185 Å². The molecule has 1 atom stereocenters. The number of para-hydroxylation sites is 2. The fourth-order valence-electron chi connectivity index (χ4n) is 2.93. The van der Waals surface area contributed by atoms with Gasteiger partial charge >= 0.3 is 0 Å². The number of aliphatic imine (C=N–C) groups is 1. The second kappa shape index (κ2) is 12.8. The van der Waals surface area contributed by atoms with Crippen molar-refractivity contribution in [2.45, 2.75) is 32.1 Å². The standard InChI is InChI=1S/C23H33N3O4S/c1-4-24-23(26-17-19(2)30-22-14-9-8-13-21(22)29-3)25-15-10-16-31(27,28)18-20-11-6-5-7-12-20/h5-9,11-14,19H,4,10,15-18H2,1-3H3,(H2,24,25,26). The molecule has 0 saturated heterocycles. The number of sulfone groups is 1. The van der Waals surface area contributed by atoms with Gasteiger partial charge in [0.05, 0.1) is 25.2 Å². The first-order chi connectivity index (χ1) is 14.9. The molecule has 0 radical (unpaired) electrons. The Bertz CT molecular complexity index is 917. The minimum Gasteiger partial charge on any atom is -0.493 e. The van der Waals surface area contributed by atoms with Gasteiger partial charge in [-0.05, 0) is 38.0 Å². The van der Waals surface area contributed by atoms with E-state index in [2.05, 4.69) is 15.6 Å². The average Bonchev–Trinajstić information content (AvgIpc) is 2.75. The number of methoxy groups -OCH3 is 1. The zero-order valence-electron chi connectivity index (χ0n) is 18.5. The summed E-state index contributed by atoms with van der Waals surface area (Å²) >= 11 is 0. The lowest BCUT2D eigenvalue weighted by Crippen LogP contribution is -2.39. The van der Waals surface area contributed by atoms with E-state index in [9.17, 15) is 8.42 Å². The molecule has 0 saturated carbocycles. The van der Waals surface area contributed by atoms with Crippen molar-refractivity contribution in [2.75, 3.05) is 32.5 Å². The maximum absolute atomic E-state index is 12.3. The van der Waals surface area contributed by atoms with Crippen molar-refractivity contribution in [2.24, 2.45) is 4.99 Å². The molecule has 2 aromatic carbocycles. The van der Waals surface area contributed by atoms with Crippen molar-refractivity contribution >= 4 is 15.8 Å². The molecule has 0 amide bonds. The normalized spacial score (nSPS) is 12.8. The number of benzene rings is 2. The van der Waals surface area contributed by atoms with Gasteiger partial charge in [-0.2, -0.15) is 0 Å². The first kappa shape index (κ1) is 24.5. The molecule has 8 heteroatoms. The quantitative estimate of drug-likeness (QED) is 0.295. The van der Waals surface area contributed by atoms with Crippen LogP contribution in [-0.2, 0) is 15.6 Å². The van der Waals surface area contributed by atoms with Gasteiger partial charge in [-0.25, -0.2) is 13.4 Å². The Morgan fingerprint density at radius 3 is 2.39 bits per heavy atom. The molecule has 7 nitrogen and oxygen atoms in total. The van der Waals surface area contributed by atoms with Crippen molar-refractivity contribution in [1.29, 1.82) is 0 Å². The topological polar surface area (TPSA) is 89.0 Å². The van der Waals surface area contributed by atoms with Gasteiger partial charge in [-0.3, -0.25) is 0 Å². The maximum atomic E-state index is 12.3. The summed E-state index contributed by atoms with van der Waals surface area (Å²) in [6.45, 7) is 5.59. The van der Waals surface area contributed by atoms with E-state index in [0.29, 0.717) is 43.5 Å². The molecule has 0 aliphatic carbocycles. The third-order valence-corrected chi connectivity index (χ3v) is 6.09. The Balaban J connectivity index is 1.80. The first-order valence-corrected chi connectivity index (χ1v) is 12.3. The van der Waals surface area contributed by atoms with Gasteiger partial charge in [0.1, 0.15) is 6.10 Å². The molecule has 0 heterocycles. The van der Waals surface area contributed by atoms with E-state index < -0.39 is 9.84 Å². The van der Waals surface area contributed by atoms with Gasteiger partial charge in [0.25, 0.3) is 0 Å². The van der Waals surface area contributed by atoms with Crippen LogP contribution >= 0.6 is 0 Å². The molecule has 2 rings (SSSR count). The zero-order chi connectivity index (χ0) is 22.5. The van der Waals surface area contributed by atoms with E-state index in [1.54, 1.807) is 7.11 Å². The summed E-state index contributed by atoms with van der Waals surface area (Å²) < 4.78 is 35.9. The fraction of sp³-hybridized carbons (Fsp3) is 0.435. The Morgan fingerprint density at radius 2 is 1.71 bits per heavy atom. The monoisotopic (exact) mass is 447 g/mol. The average molecular weight is 448 g/mol. The van der Waals surface area contributed by atoms with E-state index in [-0.39, 0.29) is 17.6 Å². The smallest absolute Gasteiger partial charge is 0.191 e. The highest BCUT2D eigenvalue weighted by atomic mass is 32.2. The maximum Gasteiger partial charge on any atom is 0.191 e. The van der Waals surface area contributed by atoms with Crippen LogP contribution in [0.4, 0.5) is 0 Å². The van der Waals surface area contributed by atoms with E-state index in [1.807, 2.05) is 68.4 Å². The molecule has 1 unspecified atom stereocenters. The highest BCUT2D eigenvalue weighted by Gasteiger charge is 2.12. The molecule has 31 heavy (non-hydrogen) atoms. The third kappa shape index (κ3) is 9.29. The van der Waals surface area contributed by atoms with E-state index >= 15 is 0 Å². The number of nitrogens with zero attached hydrogens (tertiary/aromatic N) is 1. The molecule has 2 aromatic rings. The van der Waals surface area contributed by atoms with Crippen LogP contribution in [-0.4, -0.2) is 53.0 Å². The molecule has 0 bridgehead atoms. The van der Waals surface area contributed by atoms with Crippen LogP contribution in [0.5, 0.6) is 11.5 Å². The zero-order valence-corrected chi connectivity index (χ0v) is 19.3. The lowest BCUT2D eigenvalue weighted by Gasteiger charge is -2.16. The SMILES string of the molecule is CCNC(=NCC(C)Oc1ccccc1OC)NCCCS(=O)(=O)Cc1ccccc1. The number of nitrogens with one attached hydrogen (secondary N) is 2. The lowest BCUT2D eigenvalue weighted by molar-refractivity contribution is 0.219. The Morgan fingerprint density at radius 1 is 1.03 bits per heavy atom. The molecule has 0 aliphatic heterocycles. The number of ether oxygens (including phenoxy) is 2. The summed E-state index contributed by atoms with van der Waals surface area (Å²) in [5.41, 5.74) is 0.814. The molecule has 0 fully saturated rings. The van der Waals surface area contributed by atoms with E-state index in [0.717, 1.165) is 5.56 Å². The summed E-state index contributed by atoms with van der Waals surface area (Å²) in [6, 6.07) is 16.7. The highest BCUT2D eigenvalue weighted by molar-refractivity contribution is 7.90. The van der Waals surface area contributed by atoms with E-state index in [1.165, 1.54) is 0 Å². The minimum absolute atomic E-state index is 0.0692. The summed E-state index contributed by atoms with van der Waals surface area (Å²) in [5, 5.41) is 6.36. The third-order valence-electron chi connectivity index (χ3n) is 4.40. The summed E-state index contributed by atoms with van der Waals surface area (Å²) in [6.07, 6.45) is 0.352. The largest absolute Gasteiger partial charge is 0.493 e. The van der Waals surface area contributed by atoms with E-state index in [4.69, 9.17) is 9.47 Å². The lowest BCUT2D eigenvalue weighted by atomic mass is 10.2. The molecule has 0 aliphatic rings. The van der Waals surface area contributed by atoms with Crippen LogP contribution in [0, 0.1) is 0 Å². The molecular formula is C23H33N3O4S. The van der Waals surface area contributed by atoms with Gasteiger partial charge in [0, 0.05) is 13.1 Å². The number of rotatable bonds is 12. The van der Waals surface area contributed by atoms with Crippen molar-refractivity contribution in [1.82, 2.24) is 10.6 Å². The predicted octanol–water partition coefficient (Wildman–Crippen LogP) is 3.02. The van der Waals surface area contributed by atoms with Gasteiger partial charge in [0.2, 0.25) is 0 Å². The fourth-order valence-corrected chi connectivity index (χ4v) is 4.36. The van der Waals surface area contributed by atoms with Crippen molar-refractivity contribution in [3.63, 3.8) is 0 Å². The number of hydrogen-bond acceptors (Lipinski definition) is 5. The Hall–Kier alpha value is -2.74. The molecular weight excluding hydrogens is 414 g/mol. The molecule has 170 valence electrons. The van der Waals surface area contributed by atoms with Crippen LogP contribution < -0.4 is 20.1 Å². The number of hydrogen-bond donors (Lipinski definition) is 2. The second-order valence-electron chi connectivity index (χ2n) is 7.16. The van der Waals surface area contributed by atoms with Crippen molar-refractivity contribution < 1.29 is 17.9 Å². The van der Waals surface area contributed by atoms with Gasteiger partial charge in [0.15, 0.2) is 27.3 Å². The van der Waals surface area contributed by atoms with Gasteiger partial charge in [-0.1, -0.05) is 42.5 Å².